The lowest BCUT2D eigenvalue weighted by atomic mass is 10.2. The van der Waals surface area contributed by atoms with Crippen LogP contribution in [0.3, 0.4) is 0 Å². The van der Waals surface area contributed by atoms with Gasteiger partial charge in [-0.3, -0.25) is 0 Å². The second-order valence-corrected chi connectivity index (χ2v) is 4.65. The monoisotopic (exact) mass is 205 g/mol. The Kier molecular flexibility index (Phi) is 5.09. The highest BCUT2D eigenvalue weighted by Gasteiger charge is 2.32. The summed E-state index contributed by atoms with van der Waals surface area (Å²) in [4.78, 5) is 0. The SMILES string of the molecule is CCCCSC[C@H]1NC[C@H](O)[C@@H]1O. The maximum atomic E-state index is 9.49. The second kappa shape index (κ2) is 5.86. The van der Waals surface area contributed by atoms with E-state index in [9.17, 15) is 10.2 Å². The Labute approximate surface area is 83.9 Å². The van der Waals surface area contributed by atoms with Gasteiger partial charge in [0.2, 0.25) is 0 Å². The Morgan fingerprint density at radius 3 is 2.77 bits per heavy atom. The van der Waals surface area contributed by atoms with Crippen LogP contribution in [0, 0.1) is 0 Å². The second-order valence-electron chi connectivity index (χ2n) is 3.50. The third-order valence-corrected chi connectivity index (χ3v) is 3.51. The van der Waals surface area contributed by atoms with Crippen molar-refractivity contribution in [3.8, 4) is 0 Å². The molecule has 78 valence electrons. The van der Waals surface area contributed by atoms with E-state index in [1.807, 2.05) is 11.8 Å². The molecule has 3 N–H and O–H groups in total. The number of nitrogens with one attached hydrogen (secondary N) is 1. The molecule has 0 saturated carbocycles. The largest absolute Gasteiger partial charge is 0.389 e. The van der Waals surface area contributed by atoms with E-state index in [4.69, 9.17) is 0 Å². The van der Waals surface area contributed by atoms with Crippen LogP contribution in [0.25, 0.3) is 0 Å². The average molecular weight is 205 g/mol. The number of thioether (sulfide) groups is 1. The van der Waals surface area contributed by atoms with Gasteiger partial charge in [0.15, 0.2) is 0 Å². The van der Waals surface area contributed by atoms with Gasteiger partial charge in [0.25, 0.3) is 0 Å². The number of aliphatic hydroxyl groups excluding tert-OH is 2. The number of unbranched alkanes of at least 4 members (excludes halogenated alkanes) is 1. The van der Waals surface area contributed by atoms with Crippen molar-refractivity contribution in [2.24, 2.45) is 0 Å². The zero-order valence-corrected chi connectivity index (χ0v) is 8.89. The van der Waals surface area contributed by atoms with Crippen LogP contribution in [0.15, 0.2) is 0 Å². The van der Waals surface area contributed by atoms with Crippen LogP contribution in [0.4, 0.5) is 0 Å². The van der Waals surface area contributed by atoms with E-state index in [1.165, 1.54) is 12.8 Å². The molecule has 13 heavy (non-hydrogen) atoms. The molecule has 3 atom stereocenters. The molecule has 1 saturated heterocycles. The van der Waals surface area contributed by atoms with E-state index in [1.54, 1.807) is 0 Å². The van der Waals surface area contributed by atoms with Crippen LogP contribution in [0.1, 0.15) is 19.8 Å². The molecule has 0 amide bonds. The molecule has 3 nitrogen and oxygen atoms in total. The number of hydrogen-bond donors (Lipinski definition) is 3. The summed E-state index contributed by atoms with van der Waals surface area (Å²) in [7, 11) is 0. The molecule has 0 radical (unpaired) electrons. The molecule has 0 aromatic rings. The highest BCUT2D eigenvalue weighted by atomic mass is 32.2. The van der Waals surface area contributed by atoms with Gasteiger partial charge >= 0.3 is 0 Å². The van der Waals surface area contributed by atoms with Crippen molar-refractivity contribution < 1.29 is 10.2 Å². The summed E-state index contributed by atoms with van der Waals surface area (Å²) in [5.74, 6) is 2.05. The minimum absolute atomic E-state index is 0.0804. The first-order valence-corrected chi connectivity index (χ1v) is 6.08. The van der Waals surface area contributed by atoms with Crippen molar-refractivity contribution in [2.75, 3.05) is 18.1 Å². The first-order chi connectivity index (χ1) is 6.25. The topological polar surface area (TPSA) is 52.5 Å². The minimum atomic E-state index is -0.575. The first kappa shape index (κ1) is 11.3. The molecule has 1 aliphatic heterocycles. The van der Waals surface area contributed by atoms with Gasteiger partial charge in [0, 0.05) is 18.3 Å². The fourth-order valence-corrected chi connectivity index (χ4v) is 2.62. The highest BCUT2D eigenvalue weighted by Crippen LogP contribution is 2.14. The molecule has 0 unspecified atom stereocenters. The molecule has 0 aliphatic carbocycles. The lowest BCUT2D eigenvalue weighted by Crippen LogP contribution is -2.35. The predicted octanol–water partition coefficient (Wildman–Crippen LogP) is 0.213. The van der Waals surface area contributed by atoms with Gasteiger partial charge in [-0.05, 0) is 12.2 Å². The van der Waals surface area contributed by atoms with Gasteiger partial charge in [-0.25, -0.2) is 0 Å². The van der Waals surface area contributed by atoms with Crippen molar-refractivity contribution >= 4 is 11.8 Å². The minimum Gasteiger partial charge on any atom is -0.389 e. The van der Waals surface area contributed by atoms with Crippen molar-refractivity contribution in [2.45, 2.75) is 38.0 Å². The summed E-state index contributed by atoms with van der Waals surface area (Å²) in [5, 5.41) is 21.8. The van der Waals surface area contributed by atoms with Crippen LogP contribution in [-0.4, -0.2) is 46.5 Å². The standard InChI is InChI=1S/C9H19NO2S/c1-2-3-4-13-6-7-9(12)8(11)5-10-7/h7-12H,2-6H2,1H3/t7-,8+,9-/m1/s1. The summed E-state index contributed by atoms with van der Waals surface area (Å²) >= 11 is 1.85. The van der Waals surface area contributed by atoms with Gasteiger partial charge in [-0.2, -0.15) is 11.8 Å². The van der Waals surface area contributed by atoms with Crippen LogP contribution >= 0.6 is 11.8 Å². The van der Waals surface area contributed by atoms with Crippen molar-refractivity contribution in [1.82, 2.24) is 5.32 Å². The number of aliphatic hydroxyl groups is 2. The van der Waals surface area contributed by atoms with E-state index < -0.39 is 12.2 Å². The maximum Gasteiger partial charge on any atom is 0.0972 e. The van der Waals surface area contributed by atoms with E-state index in [-0.39, 0.29) is 6.04 Å². The molecule has 0 bridgehead atoms. The zero-order chi connectivity index (χ0) is 9.68. The Morgan fingerprint density at radius 2 is 2.23 bits per heavy atom. The maximum absolute atomic E-state index is 9.49. The molecule has 0 spiro atoms. The molecular formula is C9H19NO2S. The normalized spacial score (nSPS) is 33.9. The number of hydrogen-bond acceptors (Lipinski definition) is 4. The molecule has 1 fully saturated rings. The average Bonchev–Trinajstić information content (AvgIpc) is 2.43. The molecule has 0 aromatic carbocycles. The van der Waals surface area contributed by atoms with Crippen molar-refractivity contribution in [3.63, 3.8) is 0 Å². The summed E-state index contributed by atoms with van der Waals surface area (Å²) in [6.07, 6.45) is 1.30. The van der Waals surface area contributed by atoms with Gasteiger partial charge in [0.1, 0.15) is 0 Å². The first-order valence-electron chi connectivity index (χ1n) is 4.93. The van der Waals surface area contributed by atoms with Crippen LogP contribution < -0.4 is 5.32 Å². The quantitative estimate of drug-likeness (QED) is 0.562. The van der Waals surface area contributed by atoms with Gasteiger partial charge < -0.3 is 15.5 Å². The fraction of sp³-hybridized carbons (Fsp3) is 1.00. The highest BCUT2D eigenvalue weighted by molar-refractivity contribution is 7.99. The predicted molar refractivity (Wildman–Crippen MR) is 56.0 cm³/mol. The van der Waals surface area contributed by atoms with E-state index in [2.05, 4.69) is 12.2 Å². The number of rotatable bonds is 5. The Morgan fingerprint density at radius 1 is 1.46 bits per heavy atom. The summed E-state index contributed by atoms with van der Waals surface area (Å²) in [6.45, 7) is 2.70. The van der Waals surface area contributed by atoms with Gasteiger partial charge in [-0.1, -0.05) is 13.3 Å². The number of β-amino-alcohol motifs (C(OH)–C–C–N with tert-alkyl or cyclic N) is 1. The van der Waals surface area contributed by atoms with Crippen LogP contribution in [0.5, 0.6) is 0 Å². The Bertz CT molecular complexity index is 146. The lowest BCUT2D eigenvalue weighted by molar-refractivity contribution is 0.0443. The third-order valence-electron chi connectivity index (χ3n) is 2.34. The molecular weight excluding hydrogens is 186 g/mol. The fourth-order valence-electron chi connectivity index (χ4n) is 1.40. The Hall–Kier alpha value is 0.230. The van der Waals surface area contributed by atoms with Crippen LogP contribution in [0.2, 0.25) is 0 Å². The molecule has 1 heterocycles. The van der Waals surface area contributed by atoms with Gasteiger partial charge in [-0.15, -0.1) is 0 Å². The summed E-state index contributed by atoms with van der Waals surface area (Å²) in [5.41, 5.74) is 0. The molecule has 4 heteroatoms. The van der Waals surface area contributed by atoms with E-state index in [0.717, 1.165) is 11.5 Å². The zero-order valence-electron chi connectivity index (χ0n) is 8.07. The Balaban J connectivity index is 2.08. The van der Waals surface area contributed by atoms with E-state index in [0.29, 0.717) is 6.54 Å². The third kappa shape index (κ3) is 3.46. The lowest BCUT2D eigenvalue weighted by Gasteiger charge is -2.15. The van der Waals surface area contributed by atoms with Gasteiger partial charge in [0.05, 0.1) is 12.2 Å². The van der Waals surface area contributed by atoms with Crippen molar-refractivity contribution in [1.29, 1.82) is 0 Å². The molecule has 1 aliphatic rings. The summed E-state index contributed by atoms with van der Waals surface area (Å²) < 4.78 is 0. The summed E-state index contributed by atoms with van der Waals surface area (Å²) in [6, 6.07) is 0.0804. The van der Waals surface area contributed by atoms with Crippen molar-refractivity contribution in [3.05, 3.63) is 0 Å². The van der Waals surface area contributed by atoms with Crippen LogP contribution in [-0.2, 0) is 0 Å². The molecule has 0 aromatic heterocycles. The molecule has 1 rings (SSSR count). The smallest absolute Gasteiger partial charge is 0.0972 e. The van der Waals surface area contributed by atoms with E-state index >= 15 is 0 Å².